The zero-order valence-corrected chi connectivity index (χ0v) is 12.5. The number of nitrogen functional groups attached to an aromatic ring is 1. The largest absolute Gasteiger partial charge is 0.383 e. The molecule has 1 rings (SSSR count). The van der Waals surface area contributed by atoms with Crippen LogP contribution in [-0.2, 0) is 10.0 Å². The molecule has 0 amide bonds. The quantitative estimate of drug-likeness (QED) is 0.601. The topological polar surface area (TPSA) is 104 Å². The second-order valence-electron chi connectivity index (χ2n) is 4.83. The summed E-state index contributed by atoms with van der Waals surface area (Å²) in [6.45, 7) is 5.61. The zero-order chi connectivity index (χ0) is 14.5. The number of nitrogens with two attached hydrogens (primary N) is 1. The van der Waals surface area contributed by atoms with Gasteiger partial charge in [-0.25, -0.2) is 13.1 Å². The van der Waals surface area contributed by atoms with Crippen molar-refractivity contribution >= 4 is 15.8 Å². The van der Waals surface area contributed by atoms with Crippen LogP contribution in [0.3, 0.4) is 0 Å². The van der Waals surface area contributed by atoms with Gasteiger partial charge in [0.15, 0.2) is 0 Å². The summed E-state index contributed by atoms with van der Waals surface area (Å²) < 4.78 is 26.2. The van der Waals surface area contributed by atoms with Crippen LogP contribution < -0.4 is 10.5 Å². The van der Waals surface area contributed by atoms with Crippen molar-refractivity contribution in [3.63, 3.8) is 0 Å². The third-order valence-electron chi connectivity index (χ3n) is 3.03. The van der Waals surface area contributed by atoms with Gasteiger partial charge in [-0.15, -0.1) is 0 Å². The minimum atomic E-state index is -3.55. The van der Waals surface area contributed by atoms with Crippen LogP contribution in [0, 0.1) is 0 Å². The highest BCUT2D eigenvalue weighted by Crippen LogP contribution is 2.13. The number of hydrogen-bond donors (Lipinski definition) is 3. The number of anilines is 1. The number of hydrogen-bond acceptors (Lipinski definition) is 5. The van der Waals surface area contributed by atoms with Crippen molar-refractivity contribution in [2.24, 2.45) is 0 Å². The third kappa shape index (κ3) is 4.81. The molecule has 0 atom stereocenters. The van der Waals surface area contributed by atoms with E-state index >= 15 is 0 Å². The Morgan fingerprint density at radius 2 is 2.16 bits per heavy atom. The summed E-state index contributed by atoms with van der Waals surface area (Å²) in [5.41, 5.74) is 5.49. The Morgan fingerprint density at radius 1 is 1.47 bits per heavy atom. The summed E-state index contributed by atoms with van der Waals surface area (Å²) in [6, 6.07) is 0.502. The lowest BCUT2D eigenvalue weighted by Gasteiger charge is -2.20. The highest BCUT2D eigenvalue weighted by molar-refractivity contribution is 7.89. The van der Waals surface area contributed by atoms with E-state index in [-0.39, 0.29) is 10.7 Å². The molecule has 7 nitrogen and oxygen atoms in total. The van der Waals surface area contributed by atoms with Crippen molar-refractivity contribution in [3.8, 4) is 0 Å². The number of nitrogens with zero attached hydrogens (tertiary/aromatic N) is 2. The van der Waals surface area contributed by atoms with Crippen LogP contribution in [0.25, 0.3) is 0 Å². The van der Waals surface area contributed by atoms with Gasteiger partial charge in [-0.1, -0.05) is 0 Å². The van der Waals surface area contributed by atoms with Crippen molar-refractivity contribution in [2.75, 3.05) is 25.9 Å². The molecule has 8 heteroatoms. The lowest BCUT2D eigenvalue weighted by atomic mass is 10.2. The minimum Gasteiger partial charge on any atom is -0.383 e. The van der Waals surface area contributed by atoms with Gasteiger partial charge in [-0.05, 0) is 40.3 Å². The van der Waals surface area contributed by atoms with Crippen molar-refractivity contribution < 1.29 is 8.42 Å². The van der Waals surface area contributed by atoms with Crippen LogP contribution in [0.1, 0.15) is 26.7 Å². The molecule has 0 aliphatic heterocycles. The van der Waals surface area contributed by atoms with Crippen LogP contribution in [-0.4, -0.2) is 49.7 Å². The summed E-state index contributed by atoms with van der Waals surface area (Å²) in [5.74, 6) is 0.0621. The molecule has 1 aromatic heterocycles. The SMILES string of the molecule is CC(C)N(C)CCCCNS(=O)(=O)c1cn[nH]c1N. The Kier molecular flexibility index (Phi) is 5.77. The standard InChI is InChI=1S/C11H23N5O2S/c1-9(2)16(3)7-5-4-6-14-19(17,18)10-8-13-15-11(10)12/h8-9,14H,4-7H2,1-3H3,(H3,12,13,15). The molecular weight excluding hydrogens is 266 g/mol. The molecule has 0 spiro atoms. The Hall–Kier alpha value is -1.12. The molecule has 0 aliphatic rings. The van der Waals surface area contributed by atoms with Gasteiger partial charge in [-0.3, -0.25) is 5.10 Å². The Labute approximate surface area is 114 Å². The van der Waals surface area contributed by atoms with Gasteiger partial charge in [0.1, 0.15) is 10.7 Å². The van der Waals surface area contributed by atoms with Gasteiger partial charge >= 0.3 is 0 Å². The van der Waals surface area contributed by atoms with Crippen molar-refractivity contribution in [1.82, 2.24) is 19.8 Å². The molecule has 4 N–H and O–H groups in total. The normalized spacial score (nSPS) is 12.5. The van der Waals surface area contributed by atoms with E-state index in [1.165, 1.54) is 6.20 Å². The van der Waals surface area contributed by atoms with E-state index in [1.54, 1.807) is 0 Å². The van der Waals surface area contributed by atoms with E-state index in [0.29, 0.717) is 12.6 Å². The molecule has 0 saturated heterocycles. The van der Waals surface area contributed by atoms with E-state index in [2.05, 4.69) is 40.7 Å². The first-order valence-electron chi connectivity index (χ1n) is 6.33. The predicted octanol–water partition coefficient (Wildman–Crippen LogP) is 0.391. The maximum absolute atomic E-state index is 11.9. The van der Waals surface area contributed by atoms with E-state index in [1.807, 2.05) is 0 Å². The number of aromatic nitrogens is 2. The van der Waals surface area contributed by atoms with Crippen LogP contribution in [0.5, 0.6) is 0 Å². The van der Waals surface area contributed by atoms with Crippen LogP contribution in [0.4, 0.5) is 5.82 Å². The lowest BCUT2D eigenvalue weighted by Crippen LogP contribution is -2.29. The fraction of sp³-hybridized carbons (Fsp3) is 0.727. The van der Waals surface area contributed by atoms with Crippen LogP contribution in [0.2, 0.25) is 0 Å². The van der Waals surface area contributed by atoms with Crippen LogP contribution in [0.15, 0.2) is 11.1 Å². The summed E-state index contributed by atoms with van der Waals surface area (Å²) in [4.78, 5) is 2.23. The summed E-state index contributed by atoms with van der Waals surface area (Å²) in [7, 11) is -1.49. The van der Waals surface area contributed by atoms with E-state index in [0.717, 1.165) is 19.4 Å². The van der Waals surface area contributed by atoms with Gasteiger partial charge in [0.05, 0.1) is 6.20 Å². The number of nitrogens with one attached hydrogen (secondary N) is 2. The maximum Gasteiger partial charge on any atom is 0.245 e. The molecule has 0 radical (unpaired) electrons. The number of sulfonamides is 1. The maximum atomic E-state index is 11.9. The molecule has 19 heavy (non-hydrogen) atoms. The Balaban J connectivity index is 2.32. The fourth-order valence-corrected chi connectivity index (χ4v) is 2.62. The fourth-order valence-electron chi connectivity index (χ4n) is 1.53. The van der Waals surface area contributed by atoms with Gasteiger partial charge in [0, 0.05) is 12.6 Å². The highest BCUT2D eigenvalue weighted by atomic mass is 32.2. The molecule has 1 heterocycles. The first-order valence-corrected chi connectivity index (χ1v) is 7.81. The number of rotatable bonds is 8. The summed E-state index contributed by atoms with van der Waals surface area (Å²) in [6.07, 6.45) is 2.94. The average Bonchev–Trinajstić information content (AvgIpc) is 2.75. The van der Waals surface area contributed by atoms with Gasteiger partial charge in [0.25, 0.3) is 0 Å². The van der Waals surface area contributed by atoms with E-state index in [4.69, 9.17) is 5.73 Å². The molecule has 0 aromatic carbocycles. The Morgan fingerprint density at radius 3 is 2.68 bits per heavy atom. The molecule has 0 bridgehead atoms. The summed E-state index contributed by atoms with van der Waals surface area (Å²) >= 11 is 0. The molecule has 1 aromatic rings. The minimum absolute atomic E-state index is 0.00629. The number of H-pyrrole nitrogens is 1. The van der Waals surface area contributed by atoms with E-state index in [9.17, 15) is 8.42 Å². The van der Waals surface area contributed by atoms with Crippen molar-refractivity contribution in [2.45, 2.75) is 37.6 Å². The van der Waals surface area contributed by atoms with Crippen molar-refractivity contribution in [1.29, 1.82) is 0 Å². The molecule has 0 fully saturated rings. The van der Waals surface area contributed by atoms with Gasteiger partial charge in [-0.2, -0.15) is 5.10 Å². The second kappa shape index (κ2) is 6.88. The molecule has 0 unspecified atom stereocenters. The average molecular weight is 289 g/mol. The molecule has 0 aliphatic carbocycles. The van der Waals surface area contributed by atoms with Crippen molar-refractivity contribution in [3.05, 3.63) is 6.20 Å². The van der Waals surface area contributed by atoms with Crippen LogP contribution >= 0.6 is 0 Å². The molecule has 110 valence electrons. The van der Waals surface area contributed by atoms with Gasteiger partial charge in [0.2, 0.25) is 10.0 Å². The number of unbranched alkanes of at least 4 members (excludes halogenated alkanes) is 1. The molecular formula is C11H23N5O2S. The predicted molar refractivity (Wildman–Crippen MR) is 75.2 cm³/mol. The summed E-state index contributed by atoms with van der Waals surface area (Å²) in [5, 5.41) is 6.00. The zero-order valence-electron chi connectivity index (χ0n) is 11.7. The second-order valence-corrected chi connectivity index (χ2v) is 6.56. The first kappa shape index (κ1) is 15.9. The Bertz CT molecular complexity index is 483. The van der Waals surface area contributed by atoms with Gasteiger partial charge < -0.3 is 10.6 Å². The lowest BCUT2D eigenvalue weighted by molar-refractivity contribution is 0.268. The van der Waals surface area contributed by atoms with E-state index < -0.39 is 10.0 Å². The monoisotopic (exact) mass is 289 g/mol. The first-order chi connectivity index (χ1) is 8.84. The smallest absolute Gasteiger partial charge is 0.245 e. The number of aromatic amines is 1. The third-order valence-corrected chi connectivity index (χ3v) is 4.52. The molecule has 0 saturated carbocycles. The highest BCUT2D eigenvalue weighted by Gasteiger charge is 2.18.